The highest BCUT2D eigenvalue weighted by atomic mass is 79.9. The molecule has 2 heterocycles. The van der Waals surface area contributed by atoms with Crippen molar-refractivity contribution in [3.63, 3.8) is 0 Å². The van der Waals surface area contributed by atoms with Gasteiger partial charge in [-0.2, -0.15) is 0 Å². The second kappa shape index (κ2) is 5.85. The van der Waals surface area contributed by atoms with Crippen molar-refractivity contribution in [2.45, 2.75) is 26.3 Å². The smallest absolute Gasteiger partial charge is 0.121 e. The summed E-state index contributed by atoms with van der Waals surface area (Å²) >= 11 is 5.27. The Hall–Kier alpha value is -0.580. The molecule has 0 aliphatic rings. The monoisotopic (exact) mass is 313 g/mol. The molecule has 17 heavy (non-hydrogen) atoms. The molecule has 2 aromatic heterocycles. The van der Waals surface area contributed by atoms with Crippen molar-refractivity contribution in [3.8, 4) is 0 Å². The zero-order valence-corrected chi connectivity index (χ0v) is 12.4. The van der Waals surface area contributed by atoms with Crippen molar-refractivity contribution >= 4 is 27.3 Å². The maximum Gasteiger partial charge on any atom is 0.121 e. The van der Waals surface area contributed by atoms with E-state index in [0.29, 0.717) is 0 Å². The van der Waals surface area contributed by atoms with Gasteiger partial charge < -0.3 is 9.73 Å². The minimum atomic E-state index is 0.263. The van der Waals surface area contributed by atoms with E-state index >= 15 is 0 Å². The van der Waals surface area contributed by atoms with Gasteiger partial charge >= 0.3 is 0 Å². The quantitative estimate of drug-likeness (QED) is 0.890. The summed E-state index contributed by atoms with van der Waals surface area (Å²) in [7, 11) is 0. The lowest BCUT2D eigenvalue weighted by Gasteiger charge is -2.14. The zero-order chi connectivity index (χ0) is 12.3. The molecule has 0 amide bonds. The summed E-state index contributed by atoms with van der Waals surface area (Å²) in [5.74, 6) is 1.99. The van der Waals surface area contributed by atoms with E-state index in [1.165, 1.54) is 8.66 Å². The Bertz CT molecular complexity index is 477. The fraction of sp³-hybridized carbons (Fsp3) is 0.385. The van der Waals surface area contributed by atoms with Crippen LogP contribution >= 0.6 is 27.3 Å². The Morgan fingerprint density at radius 3 is 2.71 bits per heavy atom. The van der Waals surface area contributed by atoms with Crippen molar-refractivity contribution < 1.29 is 4.42 Å². The number of likely N-dealkylation sites (N-methyl/N-ethyl adjacent to an activating group) is 1. The first-order valence-corrected chi connectivity index (χ1v) is 7.34. The largest absolute Gasteiger partial charge is 0.465 e. The van der Waals surface area contributed by atoms with Crippen LogP contribution in [0.4, 0.5) is 0 Å². The third-order valence-corrected chi connectivity index (χ3v) is 4.24. The van der Waals surface area contributed by atoms with E-state index in [1.54, 1.807) is 11.3 Å². The van der Waals surface area contributed by atoms with Gasteiger partial charge in [-0.25, -0.2) is 0 Å². The summed E-state index contributed by atoms with van der Waals surface area (Å²) in [5.41, 5.74) is 0. The average molecular weight is 314 g/mol. The first-order chi connectivity index (χ1) is 8.19. The van der Waals surface area contributed by atoms with Crippen molar-refractivity contribution in [1.29, 1.82) is 0 Å². The molecule has 1 atom stereocenters. The minimum absolute atomic E-state index is 0.263. The SMILES string of the molecule is CCNC(Cc1ccc(Br)s1)c1ccc(C)o1. The van der Waals surface area contributed by atoms with Crippen molar-refractivity contribution in [1.82, 2.24) is 5.32 Å². The Balaban J connectivity index is 2.12. The van der Waals surface area contributed by atoms with Crippen LogP contribution in [-0.4, -0.2) is 6.54 Å². The molecule has 0 radical (unpaired) electrons. The zero-order valence-electron chi connectivity index (χ0n) is 10.00. The predicted octanol–water partition coefficient (Wildman–Crippen LogP) is 4.31. The molecular formula is C13H16BrNOS. The standard InChI is InChI=1S/C13H16BrNOS/c1-3-15-11(12-6-4-9(2)16-12)8-10-5-7-13(14)17-10/h4-7,11,15H,3,8H2,1-2H3. The number of hydrogen-bond donors (Lipinski definition) is 1. The van der Waals surface area contributed by atoms with Gasteiger partial charge in [-0.05, 0) is 53.7 Å². The summed E-state index contributed by atoms with van der Waals surface area (Å²) in [5, 5.41) is 3.47. The van der Waals surface area contributed by atoms with Crippen LogP contribution in [0.2, 0.25) is 0 Å². The van der Waals surface area contributed by atoms with Crippen LogP contribution in [-0.2, 0) is 6.42 Å². The molecule has 2 aromatic rings. The van der Waals surface area contributed by atoms with E-state index in [9.17, 15) is 0 Å². The lowest BCUT2D eigenvalue weighted by atomic mass is 10.1. The lowest BCUT2D eigenvalue weighted by Crippen LogP contribution is -2.22. The molecule has 0 saturated heterocycles. The molecule has 0 aliphatic carbocycles. The molecule has 4 heteroatoms. The fourth-order valence-electron chi connectivity index (χ4n) is 1.82. The Labute approximate surface area is 114 Å². The van der Waals surface area contributed by atoms with Gasteiger partial charge in [0.1, 0.15) is 11.5 Å². The minimum Gasteiger partial charge on any atom is -0.465 e. The first kappa shape index (κ1) is 12.9. The van der Waals surface area contributed by atoms with E-state index in [4.69, 9.17) is 4.42 Å². The van der Waals surface area contributed by atoms with Crippen molar-refractivity contribution in [2.75, 3.05) is 6.54 Å². The summed E-state index contributed by atoms with van der Waals surface area (Å²) in [4.78, 5) is 1.36. The average Bonchev–Trinajstić information content (AvgIpc) is 2.87. The van der Waals surface area contributed by atoms with Crippen LogP contribution in [0.25, 0.3) is 0 Å². The van der Waals surface area contributed by atoms with Crippen LogP contribution < -0.4 is 5.32 Å². The highest BCUT2D eigenvalue weighted by molar-refractivity contribution is 9.11. The van der Waals surface area contributed by atoms with Gasteiger partial charge in [0.05, 0.1) is 9.83 Å². The molecule has 0 saturated carbocycles. The van der Waals surface area contributed by atoms with Crippen molar-refractivity contribution in [3.05, 3.63) is 44.4 Å². The molecular weight excluding hydrogens is 298 g/mol. The summed E-state index contributed by atoms with van der Waals surface area (Å²) < 4.78 is 6.89. The predicted molar refractivity (Wildman–Crippen MR) is 75.6 cm³/mol. The summed E-state index contributed by atoms with van der Waals surface area (Å²) in [6.07, 6.45) is 0.969. The highest BCUT2D eigenvalue weighted by Crippen LogP contribution is 2.27. The molecule has 1 N–H and O–H groups in total. The number of nitrogens with one attached hydrogen (secondary N) is 1. The third kappa shape index (κ3) is 3.44. The molecule has 0 aromatic carbocycles. The van der Waals surface area contributed by atoms with Crippen LogP contribution in [0.15, 0.2) is 32.5 Å². The topological polar surface area (TPSA) is 25.2 Å². The van der Waals surface area contributed by atoms with Gasteiger partial charge in [-0.3, -0.25) is 0 Å². The number of furan rings is 1. The molecule has 0 fully saturated rings. The number of thiophene rings is 1. The lowest BCUT2D eigenvalue weighted by molar-refractivity contribution is 0.404. The van der Waals surface area contributed by atoms with Crippen LogP contribution in [0.5, 0.6) is 0 Å². The van der Waals surface area contributed by atoms with Gasteiger partial charge in [0.2, 0.25) is 0 Å². The molecule has 0 bridgehead atoms. The first-order valence-electron chi connectivity index (χ1n) is 5.73. The second-order valence-electron chi connectivity index (χ2n) is 3.97. The van der Waals surface area contributed by atoms with E-state index in [0.717, 1.165) is 24.5 Å². The molecule has 0 spiro atoms. The Morgan fingerprint density at radius 2 is 2.18 bits per heavy atom. The van der Waals surface area contributed by atoms with Crippen LogP contribution in [0.1, 0.15) is 29.4 Å². The van der Waals surface area contributed by atoms with E-state index in [-0.39, 0.29) is 6.04 Å². The van der Waals surface area contributed by atoms with Gasteiger partial charge in [0, 0.05) is 11.3 Å². The van der Waals surface area contributed by atoms with Crippen molar-refractivity contribution in [2.24, 2.45) is 0 Å². The third-order valence-electron chi connectivity index (χ3n) is 2.59. The van der Waals surface area contributed by atoms with E-state index in [2.05, 4.69) is 46.4 Å². The number of hydrogen-bond acceptors (Lipinski definition) is 3. The number of halogens is 1. The number of rotatable bonds is 5. The van der Waals surface area contributed by atoms with Crippen LogP contribution in [0.3, 0.4) is 0 Å². The molecule has 1 unspecified atom stereocenters. The van der Waals surface area contributed by atoms with Gasteiger partial charge in [-0.1, -0.05) is 6.92 Å². The van der Waals surface area contributed by atoms with Gasteiger partial charge in [-0.15, -0.1) is 11.3 Å². The fourth-order valence-corrected chi connectivity index (χ4v) is 3.35. The van der Waals surface area contributed by atoms with E-state index < -0.39 is 0 Å². The van der Waals surface area contributed by atoms with Crippen LogP contribution in [0, 0.1) is 6.92 Å². The Kier molecular flexibility index (Phi) is 4.42. The summed E-state index contributed by atoms with van der Waals surface area (Å²) in [6.45, 7) is 5.04. The van der Waals surface area contributed by atoms with E-state index in [1.807, 2.05) is 13.0 Å². The Morgan fingerprint density at radius 1 is 1.35 bits per heavy atom. The molecule has 2 nitrogen and oxygen atoms in total. The molecule has 2 rings (SSSR count). The normalized spacial score (nSPS) is 12.9. The second-order valence-corrected chi connectivity index (χ2v) is 6.52. The maximum absolute atomic E-state index is 5.71. The van der Waals surface area contributed by atoms with Gasteiger partial charge in [0.15, 0.2) is 0 Å². The van der Waals surface area contributed by atoms with Gasteiger partial charge in [0.25, 0.3) is 0 Å². The maximum atomic E-state index is 5.71. The summed E-state index contributed by atoms with van der Waals surface area (Å²) in [6, 6.07) is 8.60. The number of aryl methyl sites for hydroxylation is 1. The molecule has 92 valence electrons. The molecule has 0 aliphatic heterocycles. The highest BCUT2D eigenvalue weighted by Gasteiger charge is 2.15.